The molecule has 1 aromatic rings. The van der Waals surface area contributed by atoms with E-state index < -0.39 is 0 Å². The van der Waals surface area contributed by atoms with Crippen LogP contribution < -0.4 is 10.6 Å². The van der Waals surface area contributed by atoms with Crippen LogP contribution in [0.3, 0.4) is 0 Å². The highest BCUT2D eigenvalue weighted by atomic mass is 15.2. The minimum absolute atomic E-state index is 0.162. The van der Waals surface area contributed by atoms with Crippen LogP contribution in [0.2, 0.25) is 0 Å². The second kappa shape index (κ2) is 5.01. The number of rotatable bonds is 2. The first-order valence-electron chi connectivity index (χ1n) is 6.70. The molecular weight excluding hydrogens is 222 g/mol. The largest absolute Gasteiger partial charge is 0.384 e. The summed E-state index contributed by atoms with van der Waals surface area (Å²) in [6, 6.07) is 6.68. The zero-order chi connectivity index (χ0) is 13.3. The Kier molecular flexibility index (Phi) is 3.60. The molecule has 2 unspecified atom stereocenters. The van der Waals surface area contributed by atoms with Gasteiger partial charge in [0, 0.05) is 23.8 Å². The highest BCUT2D eigenvalue weighted by Crippen LogP contribution is 2.30. The summed E-state index contributed by atoms with van der Waals surface area (Å²) in [5.74, 6) is 0.872. The number of nitrogens with one attached hydrogen (secondary N) is 1. The second-order valence-corrected chi connectivity index (χ2v) is 5.62. The van der Waals surface area contributed by atoms with Crippen LogP contribution in [0.15, 0.2) is 18.2 Å². The molecule has 2 atom stereocenters. The van der Waals surface area contributed by atoms with Gasteiger partial charge in [-0.15, -0.1) is 0 Å². The molecule has 1 aromatic carbocycles. The van der Waals surface area contributed by atoms with Crippen molar-refractivity contribution in [1.29, 1.82) is 5.41 Å². The quantitative estimate of drug-likeness (QED) is 0.622. The van der Waals surface area contributed by atoms with Gasteiger partial charge in [0.1, 0.15) is 5.84 Å². The minimum Gasteiger partial charge on any atom is -0.384 e. The Morgan fingerprint density at radius 1 is 1.33 bits per heavy atom. The van der Waals surface area contributed by atoms with E-state index in [0.29, 0.717) is 12.0 Å². The molecule has 1 aliphatic rings. The molecule has 0 aromatic heterocycles. The maximum absolute atomic E-state index is 7.73. The van der Waals surface area contributed by atoms with Crippen molar-refractivity contribution in [3.8, 4) is 0 Å². The molecule has 3 nitrogen and oxygen atoms in total. The topological polar surface area (TPSA) is 53.1 Å². The first-order valence-corrected chi connectivity index (χ1v) is 6.70. The van der Waals surface area contributed by atoms with E-state index in [2.05, 4.69) is 31.7 Å². The maximum Gasteiger partial charge on any atom is 0.124 e. The fourth-order valence-corrected chi connectivity index (χ4v) is 2.73. The molecule has 3 N–H and O–H groups in total. The molecule has 1 fully saturated rings. The maximum atomic E-state index is 7.73. The molecule has 2 rings (SSSR count). The predicted octanol–water partition coefficient (Wildman–Crippen LogP) is 2.90. The number of piperidine rings is 1. The molecular formula is C15H23N3. The fraction of sp³-hybridized carbons (Fsp3) is 0.533. The van der Waals surface area contributed by atoms with Gasteiger partial charge in [0.05, 0.1) is 0 Å². The fourth-order valence-electron chi connectivity index (χ4n) is 2.73. The Labute approximate surface area is 109 Å². The number of hydrogen-bond donors (Lipinski definition) is 2. The van der Waals surface area contributed by atoms with Crippen molar-refractivity contribution in [2.75, 3.05) is 11.4 Å². The van der Waals surface area contributed by atoms with Gasteiger partial charge >= 0.3 is 0 Å². The third-order valence-corrected chi connectivity index (χ3v) is 3.87. The number of nitrogen functional groups attached to an aromatic ring is 1. The van der Waals surface area contributed by atoms with E-state index in [1.807, 2.05) is 12.1 Å². The molecule has 3 heteroatoms. The Bertz CT molecular complexity index is 453. The Balaban J connectivity index is 2.41. The van der Waals surface area contributed by atoms with Crippen molar-refractivity contribution in [3.63, 3.8) is 0 Å². The monoisotopic (exact) mass is 245 g/mol. The molecule has 1 aliphatic heterocycles. The van der Waals surface area contributed by atoms with Gasteiger partial charge in [-0.25, -0.2) is 0 Å². The average molecular weight is 245 g/mol. The molecule has 18 heavy (non-hydrogen) atoms. The van der Waals surface area contributed by atoms with Gasteiger partial charge in [0.2, 0.25) is 0 Å². The molecule has 0 radical (unpaired) electrons. The van der Waals surface area contributed by atoms with Gasteiger partial charge in [0.25, 0.3) is 0 Å². The highest BCUT2D eigenvalue weighted by Gasteiger charge is 2.25. The molecule has 0 aliphatic carbocycles. The molecule has 0 bridgehead atoms. The summed E-state index contributed by atoms with van der Waals surface area (Å²) in [7, 11) is 0. The van der Waals surface area contributed by atoms with Gasteiger partial charge in [-0.1, -0.05) is 13.0 Å². The van der Waals surface area contributed by atoms with Crippen LogP contribution in [0.4, 0.5) is 5.69 Å². The van der Waals surface area contributed by atoms with Gasteiger partial charge in [-0.3, -0.25) is 5.41 Å². The van der Waals surface area contributed by atoms with Crippen molar-refractivity contribution in [2.24, 2.45) is 11.7 Å². The smallest absolute Gasteiger partial charge is 0.124 e. The third kappa shape index (κ3) is 2.50. The van der Waals surface area contributed by atoms with Crippen LogP contribution >= 0.6 is 0 Å². The van der Waals surface area contributed by atoms with Crippen molar-refractivity contribution < 1.29 is 0 Å². The summed E-state index contributed by atoms with van der Waals surface area (Å²) in [6.07, 6.45) is 2.51. The Morgan fingerprint density at radius 2 is 2.06 bits per heavy atom. The van der Waals surface area contributed by atoms with Crippen LogP contribution in [0.25, 0.3) is 0 Å². The van der Waals surface area contributed by atoms with E-state index in [-0.39, 0.29) is 5.84 Å². The summed E-state index contributed by atoms with van der Waals surface area (Å²) >= 11 is 0. The van der Waals surface area contributed by atoms with Gasteiger partial charge in [-0.2, -0.15) is 0 Å². The normalized spacial score (nSPS) is 24.1. The van der Waals surface area contributed by atoms with E-state index in [0.717, 1.165) is 17.8 Å². The number of nitrogens with zero attached hydrogens (tertiary/aromatic N) is 1. The lowest BCUT2D eigenvalue weighted by molar-refractivity contribution is 0.390. The average Bonchev–Trinajstić information content (AvgIpc) is 2.31. The number of anilines is 1. The minimum atomic E-state index is 0.162. The number of hydrogen-bond acceptors (Lipinski definition) is 2. The molecule has 98 valence electrons. The number of aryl methyl sites for hydroxylation is 1. The van der Waals surface area contributed by atoms with Gasteiger partial charge in [-0.05, 0) is 50.3 Å². The summed E-state index contributed by atoms with van der Waals surface area (Å²) in [5.41, 5.74) is 8.92. The van der Waals surface area contributed by atoms with Crippen LogP contribution in [0, 0.1) is 18.3 Å². The standard InChI is InChI=1S/C15H23N3/c1-10-5-7-13(15(16)17)14(8-10)18-9-11(2)4-6-12(18)3/h5,7-8,11-12H,4,6,9H2,1-3H3,(H3,16,17). The zero-order valence-electron chi connectivity index (χ0n) is 11.5. The van der Waals surface area contributed by atoms with Crippen molar-refractivity contribution >= 4 is 11.5 Å². The molecule has 0 amide bonds. The summed E-state index contributed by atoms with van der Waals surface area (Å²) in [6.45, 7) is 7.70. The molecule has 0 saturated carbocycles. The van der Waals surface area contributed by atoms with Gasteiger partial charge in [0.15, 0.2) is 0 Å². The van der Waals surface area contributed by atoms with E-state index in [9.17, 15) is 0 Å². The molecule has 1 saturated heterocycles. The summed E-state index contributed by atoms with van der Waals surface area (Å²) in [5, 5.41) is 7.73. The third-order valence-electron chi connectivity index (χ3n) is 3.87. The summed E-state index contributed by atoms with van der Waals surface area (Å²) in [4.78, 5) is 2.41. The van der Waals surface area contributed by atoms with E-state index in [1.165, 1.54) is 18.4 Å². The SMILES string of the molecule is Cc1ccc(C(=N)N)c(N2CC(C)CCC2C)c1. The van der Waals surface area contributed by atoms with E-state index >= 15 is 0 Å². The lowest BCUT2D eigenvalue weighted by atomic mass is 9.93. The molecule has 0 spiro atoms. The Hall–Kier alpha value is -1.51. The first kappa shape index (κ1) is 12.9. The van der Waals surface area contributed by atoms with Crippen LogP contribution in [-0.4, -0.2) is 18.4 Å². The van der Waals surface area contributed by atoms with Crippen molar-refractivity contribution in [2.45, 2.75) is 39.7 Å². The predicted molar refractivity (Wildman–Crippen MR) is 77.4 cm³/mol. The van der Waals surface area contributed by atoms with E-state index in [4.69, 9.17) is 11.1 Å². The first-order chi connectivity index (χ1) is 8.49. The molecule has 1 heterocycles. The van der Waals surface area contributed by atoms with Crippen LogP contribution in [0.1, 0.15) is 37.8 Å². The highest BCUT2D eigenvalue weighted by molar-refractivity contribution is 6.00. The van der Waals surface area contributed by atoms with Gasteiger partial charge < -0.3 is 10.6 Å². The Morgan fingerprint density at radius 3 is 2.72 bits per heavy atom. The number of benzene rings is 1. The van der Waals surface area contributed by atoms with Crippen LogP contribution in [0.5, 0.6) is 0 Å². The van der Waals surface area contributed by atoms with Crippen LogP contribution in [-0.2, 0) is 0 Å². The number of amidine groups is 1. The number of nitrogens with two attached hydrogens (primary N) is 1. The lowest BCUT2D eigenvalue weighted by Crippen LogP contribution is -2.42. The van der Waals surface area contributed by atoms with E-state index in [1.54, 1.807) is 0 Å². The second-order valence-electron chi connectivity index (χ2n) is 5.62. The van der Waals surface area contributed by atoms with Crippen molar-refractivity contribution in [1.82, 2.24) is 0 Å². The van der Waals surface area contributed by atoms with Crippen molar-refractivity contribution in [3.05, 3.63) is 29.3 Å². The summed E-state index contributed by atoms with van der Waals surface area (Å²) < 4.78 is 0. The zero-order valence-corrected chi connectivity index (χ0v) is 11.5. The lowest BCUT2D eigenvalue weighted by Gasteiger charge is -2.39.